The van der Waals surface area contributed by atoms with Gasteiger partial charge in [-0.2, -0.15) is 0 Å². The van der Waals surface area contributed by atoms with Gasteiger partial charge in [-0.1, -0.05) is 24.3 Å². The van der Waals surface area contributed by atoms with Gasteiger partial charge in [0.2, 0.25) is 0 Å². The van der Waals surface area contributed by atoms with E-state index < -0.39 is 0 Å². The quantitative estimate of drug-likeness (QED) is 0.791. The maximum absolute atomic E-state index is 12.4. The smallest absolute Gasteiger partial charge is 0.316 e. The van der Waals surface area contributed by atoms with Gasteiger partial charge in [-0.05, 0) is 50.2 Å². The highest BCUT2D eigenvalue weighted by molar-refractivity contribution is 5.87. The number of rotatable bonds is 4. The van der Waals surface area contributed by atoms with E-state index >= 15 is 0 Å². The molecule has 1 saturated carbocycles. The Bertz CT molecular complexity index is 485. The van der Waals surface area contributed by atoms with Gasteiger partial charge in [0.25, 0.3) is 0 Å². The molecule has 0 aromatic heterocycles. The first kappa shape index (κ1) is 13.6. The van der Waals surface area contributed by atoms with Crippen molar-refractivity contribution in [3.8, 4) is 0 Å². The zero-order valence-electron chi connectivity index (χ0n) is 12.1. The van der Waals surface area contributed by atoms with E-state index in [0.717, 1.165) is 37.9 Å². The second-order valence-electron chi connectivity index (χ2n) is 5.98. The summed E-state index contributed by atoms with van der Waals surface area (Å²) in [6.07, 6.45) is 5.21. The van der Waals surface area contributed by atoms with E-state index in [1.165, 1.54) is 12.0 Å². The molecule has 1 aromatic rings. The van der Waals surface area contributed by atoms with Crippen LogP contribution in [-0.4, -0.2) is 25.3 Å². The van der Waals surface area contributed by atoms with Crippen molar-refractivity contribution >= 4 is 5.97 Å². The van der Waals surface area contributed by atoms with Crippen molar-refractivity contribution in [1.29, 1.82) is 0 Å². The van der Waals surface area contributed by atoms with Crippen LogP contribution in [0.5, 0.6) is 0 Å². The monoisotopic (exact) mass is 274 g/mol. The van der Waals surface area contributed by atoms with Crippen LogP contribution in [0.25, 0.3) is 0 Å². The fourth-order valence-electron chi connectivity index (χ4n) is 3.06. The van der Waals surface area contributed by atoms with Gasteiger partial charge in [0.1, 0.15) is 6.61 Å². The van der Waals surface area contributed by atoms with Crippen molar-refractivity contribution in [3.05, 3.63) is 35.4 Å². The van der Waals surface area contributed by atoms with Crippen LogP contribution in [0.3, 0.4) is 0 Å². The molecule has 2 fully saturated rings. The van der Waals surface area contributed by atoms with E-state index in [1.807, 2.05) is 12.1 Å². The van der Waals surface area contributed by atoms with Gasteiger partial charge >= 0.3 is 5.97 Å². The van der Waals surface area contributed by atoms with Crippen LogP contribution in [0.2, 0.25) is 0 Å². The molecule has 3 rings (SSSR count). The summed E-state index contributed by atoms with van der Waals surface area (Å²) < 4.78 is 11.2. The normalized spacial score (nSPS) is 24.1. The first-order valence-corrected chi connectivity index (χ1v) is 7.57. The average Bonchev–Trinajstić information content (AvgIpc) is 3.28. The number of carbonyl (C=O) groups excluding carboxylic acids is 1. The summed E-state index contributed by atoms with van der Waals surface area (Å²) in [7, 11) is 0. The van der Waals surface area contributed by atoms with Crippen molar-refractivity contribution in [2.24, 2.45) is 0 Å². The minimum absolute atomic E-state index is 0.0685. The lowest BCUT2D eigenvalue weighted by molar-refractivity contribution is -0.152. The number of aryl methyl sites for hydroxylation is 1. The maximum Gasteiger partial charge on any atom is 0.316 e. The highest BCUT2D eigenvalue weighted by Crippen LogP contribution is 2.50. The van der Waals surface area contributed by atoms with Gasteiger partial charge in [-0.3, -0.25) is 4.79 Å². The average molecular weight is 274 g/mol. The molecule has 1 heterocycles. The van der Waals surface area contributed by atoms with Crippen LogP contribution in [0, 0.1) is 6.92 Å². The molecule has 0 amide bonds. The largest absolute Gasteiger partial charge is 0.462 e. The first-order chi connectivity index (χ1) is 9.72. The lowest BCUT2D eigenvalue weighted by atomic mass is 9.92. The fourth-order valence-corrected chi connectivity index (χ4v) is 3.06. The topological polar surface area (TPSA) is 35.5 Å². The molecule has 1 aromatic carbocycles. The molecule has 1 saturated heterocycles. The van der Waals surface area contributed by atoms with Crippen LogP contribution in [0.4, 0.5) is 0 Å². The molecule has 0 spiro atoms. The Morgan fingerprint density at radius 1 is 1.35 bits per heavy atom. The predicted octanol–water partition coefficient (Wildman–Crippen LogP) is 3.14. The second-order valence-corrected chi connectivity index (χ2v) is 5.98. The summed E-state index contributed by atoms with van der Waals surface area (Å²) in [4.78, 5) is 12.4. The molecular weight excluding hydrogens is 252 g/mol. The molecular formula is C17H22O3. The summed E-state index contributed by atoms with van der Waals surface area (Å²) in [5, 5.41) is 0. The number of esters is 1. The van der Waals surface area contributed by atoms with Gasteiger partial charge in [-0.25, -0.2) is 0 Å². The van der Waals surface area contributed by atoms with Gasteiger partial charge in [0.15, 0.2) is 0 Å². The summed E-state index contributed by atoms with van der Waals surface area (Å²) in [6, 6.07) is 8.13. The molecule has 0 bridgehead atoms. The Hall–Kier alpha value is -1.35. The number of hydrogen-bond acceptors (Lipinski definition) is 3. The summed E-state index contributed by atoms with van der Waals surface area (Å²) >= 11 is 0. The molecule has 108 valence electrons. The Labute approximate surface area is 120 Å². The van der Waals surface area contributed by atoms with Crippen molar-refractivity contribution in [1.82, 2.24) is 0 Å². The zero-order valence-corrected chi connectivity index (χ0v) is 12.1. The van der Waals surface area contributed by atoms with E-state index in [1.54, 1.807) is 0 Å². The lowest BCUT2D eigenvalue weighted by Gasteiger charge is -2.24. The Balaban J connectivity index is 1.63. The van der Waals surface area contributed by atoms with Crippen LogP contribution in [-0.2, 0) is 19.7 Å². The summed E-state index contributed by atoms with van der Waals surface area (Å²) in [6.45, 7) is 3.27. The Morgan fingerprint density at radius 2 is 2.15 bits per heavy atom. The molecule has 20 heavy (non-hydrogen) atoms. The highest BCUT2D eigenvalue weighted by atomic mass is 16.6. The first-order valence-electron chi connectivity index (χ1n) is 7.57. The fraction of sp³-hybridized carbons (Fsp3) is 0.588. The second kappa shape index (κ2) is 5.57. The number of ether oxygens (including phenoxy) is 2. The highest BCUT2D eigenvalue weighted by Gasteiger charge is 2.53. The minimum atomic E-state index is -0.375. The van der Waals surface area contributed by atoms with Crippen molar-refractivity contribution in [2.45, 2.75) is 50.5 Å². The SMILES string of the molecule is Cc1ccccc1C1(C(=O)OC[C@H]2CCCCO2)CC1. The van der Waals surface area contributed by atoms with Crippen molar-refractivity contribution in [3.63, 3.8) is 0 Å². The number of carbonyl (C=O) groups is 1. The molecule has 1 atom stereocenters. The third kappa shape index (κ3) is 2.59. The predicted molar refractivity (Wildman–Crippen MR) is 76.6 cm³/mol. The summed E-state index contributed by atoms with van der Waals surface area (Å²) in [5.74, 6) is -0.0685. The van der Waals surface area contributed by atoms with E-state index in [9.17, 15) is 4.79 Å². The van der Waals surface area contributed by atoms with Crippen molar-refractivity contribution < 1.29 is 14.3 Å². The molecule has 3 nitrogen and oxygen atoms in total. The van der Waals surface area contributed by atoms with Crippen LogP contribution < -0.4 is 0 Å². The Kier molecular flexibility index (Phi) is 3.79. The van der Waals surface area contributed by atoms with Crippen LogP contribution in [0.15, 0.2) is 24.3 Å². The zero-order chi connectivity index (χ0) is 14.0. The van der Waals surface area contributed by atoms with Crippen LogP contribution in [0.1, 0.15) is 43.2 Å². The molecule has 1 aliphatic heterocycles. The van der Waals surface area contributed by atoms with Crippen molar-refractivity contribution in [2.75, 3.05) is 13.2 Å². The van der Waals surface area contributed by atoms with E-state index in [-0.39, 0.29) is 17.5 Å². The van der Waals surface area contributed by atoms with E-state index in [4.69, 9.17) is 9.47 Å². The van der Waals surface area contributed by atoms with Gasteiger partial charge in [-0.15, -0.1) is 0 Å². The molecule has 0 radical (unpaired) electrons. The minimum Gasteiger partial charge on any atom is -0.462 e. The van der Waals surface area contributed by atoms with Crippen LogP contribution >= 0.6 is 0 Å². The molecule has 3 heteroatoms. The van der Waals surface area contributed by atoms with E-state index in [0.29, 0.717) is 6.61 Å². The third-order valence-corrected chi connectivity index (χ3v) is 4.48. The lowest BCUT2D eigenvalue weighted by Crippen LogP contribution is -2.30. The van der Waals surface area contributed by atoms with Gasteiger partial charge in [0, 0.05) is 6.61 Å². The standard InChI is InChI=1S/C17H22O3/c1-13-6-2-3-8-15(13)17(9-10-17)16(18)20-12-14-7-4-5-11-19-14/h2-3,6,8,14H,4-5,7,9-12H2,1H3/t14-/m1/s1. The molecule has 0 unspecified atom stereocenters. The molecule has 1 aliphatic carbocycles. The van der Waals surface area contributed by atoms with Gasteiger partial charge in [0.05, 0.1) is 11.5 Å². The number of hydrogen-bond donors (Lipinski definition) is 0. The maximum atomic E-state index is 12.4. The summed E-state index contributed by atoms with van der Waals surface area (Å²) in [5.41, 5.74) is 1.94. The third-order valence-electron chi connectivity index (χ3n) is 4.48. The van der Waals surface area contributed by atoms with E-state index in [2.05, 4.69) is 19.1 Å². The number of benzene rings is 1. The molecule has 2 aliphatic rings. The Morgan fingerprint density at radius 3 is 2.80 bits per heavy atom. The van der Waals surface area contributed by atoms with Gasteiger partial charge < -0.3 is 9.47 Å². The molecule has 0 N–H and O–H groups in total.